The van der Waals surface area contributed by atoms with Crippen molar-refractivity contribution in [1.82, 2.24) is 10.3 Å². The third-order valence-corrected chi connectivity index (χ3v) is 6.30. The number of rotatable bonds is 5. The van der Waals surface area contributed by atoms with Crippen LogP contribution in [0.2, 0.25) is 0 Å². The first-order chi connectivity index (χ1) is 13.1. The van der Waals surface area contributed by atoms with Crippen molar-refractivity contribution in [3.63, 3.8) is 0 Å². The largest absolute Gasteiger partial charge is 0.308 e. The molecular formula is C25H30N2. The van der Waals surface area contributed by atoms with Gasteiger partial charge in [0.2, 0.25) is 0 Å². The lowest BCUT2D eigenvalue weighted by atomic mass is 9.77. The van der Waals surface area contributed by atoms with Gasteiger partial charge in [0.1, 0.15) is 0 Å². The quantitative estimate of drug-likeness (QED) is 0.602. The summed E-state index contributed by atoms with van der Waals surface area (Å²) >= 11 is 0. The molecule has 1 saturated carbocycles. The Hall–Kier alpha value is -2.19. The lowest BCUT2D eigenvalue weighted by Gasteiger charge is -2.33. The van der Waals surface area contributed by atoms with Gasteiger partial charge < -0.3 is 5.32 Å². The molecule has 0 amide bonds. The van der Waals surface area contributed by atoms with E-state index in [0.717, 1.165) is 18.0 Å². The van der Waals surface area contributed by atoms with E-state index in [1.54, 1.807) is 0 Å². The summed E-state index contributed by atoms with van der Waals surface area (Å²) in [5.41, 5.74) is 4.02. The second kappa shape index (κ2) is 7.82. The van der Waals surface area contributed by atoms with Crippen LogP contribution in [0.25, 0.3) is 10.9 Å². The fourth-order valence-electron chi connectivity index (χ4n) is 4.51. The molecule has 0 unspecified atom stereocenters. The zero-order valence-electron chi connectivity index (χ0n) is 16.5. The molecule has 0 saturated heterocycles. The minimum Gasteiger partial charge on any atom is -0.308 e. The van der Waals surface area contributed by atoms with Crippen LogP contribution in [0.4, 0.5) is 0 Å². The summed E-state index contributed by atoms with van der Waals surface area (Å²) in [7, 11) is 0. The third-order valence-electron chi connectivity index (χ3n) is 6.30. The van der Waals surface area contributed by atoms with Gasteiger partial charge in [0, 0.05) is 17.1 Å². The van der Waals surface area contributed by atoms with Crippen molar-refractivity contribution in [1.29, 1.82) is 0 Å². The summed E-state index contributed by atoms with van der Waals surface area (Å²) in [5, 5.41) is 5.16. The summed E-state index contributed by atoms with van der Waals surface area (Å²) in [6, 6.07) is 21.6. The molecule has 0 bridgehead atoms. The number of fused-ring (bicyclic) bond motifs is 1. The van der Waals surface area contributed by atoms with Gasteiger partial charge in [0.25, 0.3) is 0 Å². The fraction of sp³-hybridized carbons (Fsp3) is 0.400. The van der Waals surface area contributed by atoms with Gasteiger partial charge in [-0.1, -0.05) is 48.5 Å². The van der Waals surface area contributed by atoms with E-state index in [4.69, 9.17) is 0 Å². The second-order valence-corrected chi connectivity index (χ2v) is 8.51. The molecule has 1 fully saturated rings. The van der Waals surface area contributed by atoms with Crippen molar-refractivity contribution < 1.29 is 0 Å². The van der Waals surface area contributed by atoms with Crippen molar-refractivity contribution >= 4 is 10.9 Å². The van der Waals surface area contributed by atoms with E-state index in [9.17, 15) is 0 Å². The first kappa shape index (κ1) is 18.2. The molecule has 2 heteroatoms. The van der Waals surface area contributed by atoms with Gasteiger partial charge in [0.05, 0.1) is 5.52 Å². The topological polar surface area (TPSA) is 24.9 Å². The molecule has 0 atom stereocenters. The Kier molecular flexibility index (Phi) is 5.27. The van der Waals surface area contributed by atoms with Crippen LogP contribution in [0.5, 0.6) is 0 Å². The van der Waals surface area contributed by atoms with E-state index in [0.29, 0.717) is 5.92 Å². The molecule has 0 radical (unpaired) electrons. The summed E-state index contributed by atoms with van der Waals surface area (Å²) in [5.74, 6) is 1.45. The zero-order chi connectivity index (χ0) is 18.7. The van der Waals surface area contributed by atoms with Gasteiger partial charge in [-0.05, 0) is 81.2 Å². The monoisotopic (exact) mass is 358 g/mol. The average molecular weight is 359 g/mol. The summed E-state index contributed by atoms with van der Waals surface area (Å²) in [6.45, 7) is 5.68. The highest BCUT2D eigenvalue weighted by Crippen LogP contribution is 2.38. The van der Waals surface area contributed by atoms with Crippen LogP contribution in [0, 0.1) is 5.92 Å². The zero-order valence-corrected chi connectivity index (χ0v) is 16.5. The van der Waals surface area contributed by atoms with E-state index in [-0.39, 0.29) is 5.54 Å². The first-order valence-corrected chi connectivity index (χ1v) is 10.3. The number of benzene rings is 2. The predicted molar refractivity (Wildman–Crippen MR) is 114 cm³/mol. The normalized spacial score (nSPS) is 20.7. The molecule has 2 nitrogen and oxygen atoms in total. The Labute approximate surface area is 163 Å². The molecule has 3 aromatic rings. The molecular weight excluding hydrogens is 328 g/mol. The van der Waals surface area contributed by atoms with E-state index < -0.39 is 0 Å². The summed E-state index contributed by atoms with van der Waals surface area (Å²) in [6.07, 6.45) is 7.16. The highest BCUT2D eigenvalue weighted by molar-refractivity contribution is 5.82. The van der Waals surface area contributed by atoms with Crippen molar-refractivity contribution in [2.75, 3.05) is 6.54 Å². The SMILES string of the molecule is CC(C)(NCC1CCC(c2ccnc3ccccc23)CC1)c1ccccc1. The van der Waals surface area contributed by atoms with Gasteiger partial charge in [-0.2, -0.15) is 0 Å². The van der Waals surface area contributed by atoms with Crippen molar-refractivity contribution in [3.05, 3.63) is 78.0 Å². The second-order valence-electron chi connectivity index (χ2n) is 8.51. The van der Waals surface area contributed by atoms with E-state index in [1.165, 1.54) is 42.2 Å². The molecule has 0 spiro atoms. The minimum atomic E-state index is 0.0272. The van der Waals surface area contributed by atoms with Crippen LogP contribution >= 0.6 is 0 Å². The third kappa shape index (κ3) is 4.06. The Morgan fingerprint density at radius 3 is 2.37 bits per heavy atom. The molecule has 4 rings (SSSR count). The first-order valence-electron chi connectivity index (χ1n) is 10.3. The van der Waals surface area contributed by atoms with Crippen LogP contribution < -0.4 is 5.32 Å². The van der Waals surface area contributed by atoms with Gasteiger partial charge in [-0.3, -0.25) is 4.98 Å². The molecule has 1 aromatic heterocycles. The van der Waals surface area contributed by atoms with Crippen molar-refractivity contribution in [2.24, 2.45) is 5.92 Å². The average Bonchev–Trinajstić information content (AvgIpc) is 2.73. The number of para-hydroxylation sites is 1. The van der Waals surface area contributed by atoms with Gasteiger partial charge in [-0.25, -0.2) is 0 Å². The molecule has 140 valence electrons. The van der Waals surface area contributed by atoms with Gasteiger partial charge in [0.15, 0.2) is 0 Å². The fourth-order valence-corrected chi connectivity index (χ4v) is 4.51. The molecule has 27 heavy (non-hydrogen) atoms. The van der Waals surface area contributed by atoms with Crippen LogP contribution in [0.15, 0.2) is 66.9 Å². The molecule has 1 aliphatic rings. The maximum Gasteiger partial charge on any atom is 0.0704 e. The summed E-state index contributed by atoms with van der Waals surface area (Å²) in [4.78, 5) is 4.53. The Morgan fingerprint density at radius 1 is 0.889 bits per heavy atom. The Bertz CT molecular complexity index is 872. The molecule has 2 aromatic carbocycles. The molecule has 1 aliphatic carbocycles. The van der Waals surface area contributed by atoms with Crippen LogP contribution in [-0.2, 0) is 5.54 Å². The Balaban J connectivity index is 1.36. The molecule has 1 N–H and O–H groups in total. The maximum atomic E-state index is 4.53. The highest BCUT2D eigenvalue weighted by atomic mass is 15.0. The van der Waals surface area contributed by atoms with E-state index in [1.807, 2.05) is 6.20 Å². The number of pyridine rings is 1. The number of nitrogens with zero attached hydrogens (tertiary/aromatic N) is 1. The summed E-state index contributed by atoms with van der Waals surface area (Å²) < 4.78 is 0. The smallest absolute Gasteiger partial charge is 0.0704 e. The highest BCUT2D eigenvalue weighted by Gasteiger charge is 2.26. The number of aromatic nitrogens is 1. The maximum absolute atomic E-state index is 4.53. The van der Waals surface area contributed by atoms with Gasteiger partial charge in [-0.15, -0.1) is 0 Å². The van der Waals surface area contributed by atoms with Crippen LogP contribution in [0.3, 0.4) is 0 Å². The van der Waals surface area contributed by atoms with Crippen LogP contribution in [0.1, 0.15) is 56.6 Å². The van der Waals surface area contributed by atoms with E-state index in [2.05, 4.69) is 84.8 Å². The lowest BCUT2D eigenvalue weighted by molar-refractivity contribution is 0.280. The van der Waals surface area contributed by atoms with Crippen molar-refractivity contribution in [3.8, 4) is 0 Å². The molecule has 0 aliphatic heterocycles. The standard InChI is InChI=1S/C25H30N2/c1-25(2,21-8-4-3-5-9-21)27-18-19-12-14-20(15-13-19)22-16-17-26-24-11-7-6-10-23(22)24/h3-11,16-17,19-20,27H,12-15,18H2,1-2H3. The van der Waals surface area contributed by atoms with Crippen LogP contribution in [-0.4, -0.2) is 11.5 Å². The lowest BCUT2D eigenvalue weighted by Crippen LogP contribution is -2.40. The van der Waals surface area contributed by atoms with E-state index >= 15 is 0 Å². The Morgan fingerprint density at radius 2 is 1.59 bits per heavy atom. The number of nitrogens with one attached hydrogen (secondary N) is 1. The predicted octanol–water partition coefficient (Wildman–Crippen LogP) is 6.03. The van der Waals surface area contributed by atoms with Gasteiger partial charge >= 0.3 is 0 Å². The number of hydrogen-bond donors (Lipinski definition) is 1. The van der Waals surface area contributed by atoms with Crippen molar-refractivity contribution in [2.45, 2.75) is 51.0 Å². The molecule has 1 heterocycles. The minimum absolute atomic E-state index is 0.0272. The number of hydrogen-bond acceptors (Lipinski definition) is 2.